The van der Waals surface area contributed by atoms with Crippen molar-refractivity contribution in [3.63, 3.8) is 0 Å². The average Bonchev–Trinajstić information content (AvgIpc) is 3.55. The second kappa shape index (κ2) is 15.9. The number of ether oxygens (including phenoxy) is 3. The number of carbonyl (C=O) groups is 1. The Balaban J connectivity index is 1.60. The van der Waals surface area contributed by atoms with Crippen LogP contribution in [0.2, 0.25) is 0 Å². The highest BCUT2D eigenvalue weighted by Gasteiger charge is 2.40. The number of nitrogens with one attached hydrogen (secondary N) is 2. The Labute approximate surface area is 290 Å². The second-order valence-corrected chi connectivity index (χ2v) is 15.9. The molecule has 0 aliphatic heterocycles. The maximum Gasteiger partial charge on any atom is 0.407 e. The maximum absolute atomic E-state index is 15.8. The van der Waals surface area contributed by atoms with E-state index in [4.69, 9.17) is 19.9 Å². The number of nitrogens with two attached hydrogens (primary N) is 1. The zero-order chi connectivity index (χ0) is 36.0. The minimum Gasteiger partial charge on any atom is -0.497 e. The summed E-state index contributed by atoms with van der Waals surface area (Å²) in [5.74, 6) is -1.52. The summed E-state index contributed by atoms with van der Waals surface area (Å²) >= 11 is 0.786. The van der Waals surface area contributed by atoms with E-state index in [1.165, 1.54) is 20.5 Å². The van der Waals surface area contributed by atoms with Crippen LogP contribution in [0.4, 0.5) is 24.4 Å². The highest BCUT2D eigenvalue weighted by atomic mass is 32.2. The van der Waals surface area contributed by atoms with Crippen LogP contribution in [-0.4, -0.2) is 62.8 Å². The number of sulfonamides is 1. The molecule has 1 aliphatic rings. The van der Waals surface area contributed by atoms with Gasteiger partial charge in [0.25, 0.3) is 10.0 Å². The van der Waals surface area contributed by atoms with Gasteiger partial charge >= 0.3 is 6.09 Å². The molecular weight excluding hydrogens is 679 g/mol. The van der Waals surface area contributed by atoms with Crippen molar-refractivity contribution >= 4 is 38.5 Å². The molecule has 1 aromatic heterocycles. The molecule has 2 atom stereocenters. The summed E-state index contributed by atoms with van der Waals surface area (Å²) in [5.41, 5.74) is 5.45. The molecule has 1 saturated carbocycles. The van der Waals surface area contributed by atoms with E-state index in [9.17, 15) is 13.2 Å². The van der Waals surface area contributed by atoms with Gasteiger partial charge in [0, 0.05) is 41.8 Å². The van der Waals surface area contributed by atoms with Crippen molar-refractivity contribution in [2.45, 2.75) is 82.9 Å². The van der Waals surface area contributed by atoms with Crippen molar-refractivity contribution in [1.82, 2.24) is 14.7 Å². The first-order valence-corrected chi connectivity index (χ1v) is 18.3. The van der Waals surface area contributed by atoms with E-state index in [-0.39, 0.29) is 41.3 Å². The fourth-order valence-corrected chi connectivity index (χ4v) is 8.21. The zero-order valence-electron chi connectivity index (χ0n) is 28.7. The molecule has 1 aliphatic carbocycles. The molecular formula is C33H46F2N6O6S2. The van der Waals surface area contributed by atoms with Crippen molar-refractivity contribution in [3.05, 3.63) is 53.9 Å². The SMILES string of the molecule is COc1ccc(CN(c2ncns2)S(=O)(=O)c2cc(F)c(NC[C@H](CC3(CCN)CCC3)[C@@H](C)NC(=O)OC(C)(C)C)cc2F)c(OC)c1. The van der Waals surface area contributed by atoms with Gasteiger partial charge in [0.15, 0.2) is 0 Å². The van der Waals surface area contributed by atoms with Crippen molar-refractivity contribution in [2.75, 3.05) is 36.9 Å². The largest absolute Gasteiger partial charge is 0.497 e. The number of alkyl carbamates (subject to hydrolysis) is 1. The first kappa shape index (κ1) is 38.0. The van der Waals surface area contributed by atoms with Crippen molar-refractivity contribution in [1.29, 1.82) is 0 Å². The molecule has 270 valence electrons. The number of halogens is 2. The van der Waals surface area contributed by atoms with Crippen LogP contribution in [0, 0.1) is 23.0 Å². The van der Waals surface area contributed by atoms with E-state index in [1.54, 1.807) is 39.0 Å². The van der Waals surface area contributed by atoms with E-state index < -0.39 is 38.2 Å². The van der Waals surface area contributed by atoms with Crippen LogP contribution in [0.1, 0.15) is 65.4 Å². The first-order valence-electron chi connectivity index (χ1n) is 16.0. The molecule has 0 radical (unpaired) electrons. The van der Waals surface area contributed by atoms with Crippen LogP contribution in [0.3, 0.4) is 0 Å². The quantitative estimate of drug-likeness (QED) is 0.158. The minimum absolute atomic E-state index is 0.00654. The summed E-state index contributed by atoms with van der Waals surface area (Å²) in [6, 6.07) is 5.93. The molecule has 1 amide bonds. The third-order valence-corrected chi connectivity index (χ3v) is 11.3. The monoisotopic (exact) mass is 724 g/mol. The van der Waals surface area contributed by atoms with Crippen molar-refractivity contribution in [2.24, 2.45) is 17.1 Å². The smallest absolute Gasteiger partial charge is 0.407 e. The number of benzene rings is 2. The lowest BCUT2D eigenvalue weighted by Crippen LogP contribution is -2.46. The molecule has 0 bridgehead atoms. The number of amides is 1. The summed E-state index contributed by atoms with van der Waals surface area (Å²) < 4.78 is 80.3. The van der Waals surface area contributed by atoms with Crippen LogP contribution in [-0.2, 0) is 21.3 Å². The summed E-state index contributed by atoms with van der Waals surface area (Å²) in [7, 11) is -1.79. The predicted octanol–water partition coefficient (Wildman–Crippen LogP) is 6.08. The number of nitrogens with zero attached hydrogens (tertiary/aromatic N) is 3. The molecule has 49 heavy (non-hydrogen) atoms. The fraction of sp³-hybridized carbons (Fsp3) is 0.545. The van der Waals surface area contributed by atoms with E-state index >= 15 is 8.78 Å². The highest BCUT2D eigenvalue weighted by molar-refractivity contribution is 7.93. The van der Waals surface area contributed by atoms with Gasteiger partial charge in [-0.15, -0.1) is 0 Å². The summed E-state index contributed by atoms with van der Waals surface area (Å²) in [4.78, 5) is 15.8. The number of carbonyl (C=O) groups excluding carboxylic acids is 1. The second-order valence-electron chi connectivity index (χ2n) is 13.3. The van der Waals surface area contributed by atoms with Crippen molar-refractivity contribution in [3.8, 4) is 11.5 Å². The predicted molar refractivity (Wildman–Crippen MR) is 185 cm³/mol. The van der Waals surface area contributed by atoms with Crippen LogP contribution in [0.25, 0.3) is 0 Å². The standard InChI is InChI=1S/C33H46F2N6O6S2/c1-21(40-31(42)47-32(2,3)4)23(17-33(12-13-36)10-7-11-33)18-37-27-15-26(35)29(16-25(27)34)49(43,44)41(30-38-20-39-48-30)19-22-8-9-24(45-5)14-28(22)46-6/h8-9,14-16,20-21,23,37H,7,10-13,17-19,36H2,1-6H3,(H,40,42)/t21-,23+/m1/s1. The molecule has 1 fully saturated rings. The van der Waals surface area contributed by atoms with Gasteiger partial charge in [-0.3, -0.25) is 0 Å². The van der Waals surface area contributed by atoms with E-state index in [2.05, 4.69) is 20.0 Å². The van der Waals surface area contributed by atoms with Crippen LogP contribution in [0.5, 0.6) is 11.5 Å². The van der Waals surface area contributed by atoms with Gasteiger partial charge in [-0.2, -0.15) is 4.37 Å². The Hall–Kier alpha value is -3.76. The number of hydrogen-bond donors (Lipinski definition) is 3. The highest BCUT2D eigenvalue weighted by Crippen LogP contribution is 2.49. The van der Waals surface area contributed by atoms with E-state index in [0.29, 0.717) is 36.1 Å². The Morgan fingerprint density at radius 1 is 1.14 bits per heavy atom. The van der Waals surface area contributed by atoms with Gasteiger partial charge in [-0.05, 0) is 89.5 Å². The Morgan fingerprint density at radius 2 is 1.88 bits per heavy atom. The maximum atomic E-state index is 15.8. The van der Waals surface area contributed by atoms with Gasteiger partial charge < -0.3 is 30.6 Å². The normalized spacial score (nSPS) is 15.4. The van der Waals surface area contributed by atoms with Crippen LogP contribution < -0.4 is 30.1 Å². The Morgan fingerprint density at radius 3 is 2.45 bits per heavy atom. The summed E-state index contributed by atoms with van der Waals surface area (Å²) in [6.45, 7) is 7.53. The van der Waals surface area contributed by atoms with Crippen molar-refractivity contribution < 1.29 is 36.2 Å². The number of anilines is 2. The first-order chi connectivity index (χ1) is 23.1. The van der Waals surface area contributed by atoms with Gasteiger partial charge in [-0.25, -0.2) is 31.3 Å². The molecule has 4 N–H and O–H groups in total. The number of methoxy groups -OCH3 is 2. The van der Waals surface area contributed by atoms with Gasteiger partial charge in [-0.1, -0.05) is 6.42 Å². The summed E-state index contributed by atoms with van der Waals surface area (Å²) in [5, 5.41) is 5.82. The van der Waals surface area contributed by atoms with Gasteiger partial charge in [0.2, 0.25) is 5.13 Å². The fourth-order valence-electron chi connectivity index (χ4n) is 6.02. The molecule has 4 rings (SSSR count). The Bertz CT molecular complexity index is 1680. The number of hydrogen-bond acceptors (Lipinski definition) is 11. The van der Waals surface area contributed by atoms with Crippen LogP contribution >= 0.6 is 11.5 Å². The topological polar surface area (TPSA) is 158 Å². The lowest BCUT2D eigenvalue weighted by atomic mass is 9.61. The molecule has 0 unspecified atom stereocenters. The molecule has 1 heterocycles. The minimum atomic E-state index is -4.69. The molecule has 3 aromatic rings. The van der Waals surface area contributed by atoms with E-state index in [1.807, 2.05) is 6.92 Å². The average molecular weight is 725 g/mol. The van der Waals surface area contributed by atoms with Crippen LogP contribution in [0.15, 0.2) is 41.6 Å². The molecule has 0 spiro atoms. The lowest BCUT2D eigenvalue weighted by molar-refractivity contribution is 0.0441. The lowest BCUT2D eigenvalue weighted by Gasteiger charge is -2.45. The van der Waals surface area contributed by atoms with E-state index in [0.717, 1.165) is 47.6 Å². The third-order valence-electron chi connectivity index (χ3n) is 8.75. The Kier molecular flexibility index (Phi) is 12.3. The van der Waals surface area contributed by atoms with Gasteiger partial charge in [0.05, 0.1) is 26.5 Å². The summed E-state index contributed by atoms with van der Waals surface area (Å²) in [6.07, 6.45) is 5.15. The molecule has 16 heteroatoms. The molecule has 12 nitrogen and oxygen atoms in total. The number of aromatic nitrogens is 2. The zero-order valence-corrected chi connectivity index (χ0v) is 30.3. The third kappa shape index (κ3) is 9.48. The number of rotatable bonds is 16. The molecule has 2 aromatic carbocycles. The molecule has 0 saturated heterocycles. The van der Waals surface area contributed by atoms with Gasteiger partial charge in [0.1, 0.15) is 40.0 Å².